The van der Waals surface area contributed by atoms with Crippen molar-refractivity contribution in [2.45, 2.75) is 25.2 Å². The maximum absolute atomic E-state index is 12.5. The molecular formula is C17H24N4O4. The van der Waals surface area contributed by atoms with Crippen molar-refractivity contribution >= 4 is 12.1 Å². The summed E-state index contributed by atoms with van der Waals surface area (Å²) >= 11 is 0. The number of nitrogens with zero attached hydrogens (tertiary/aromatic N) is 2. The smallest absolute Gasteiger partial charge is 0.319 e. The van der Waals surface area contributed by atoms with Crippen LogP contribution in [0.15, 0.2) is 18.2 Å². The molecule has 3 rings (SSSR count). The number of amides is 4. The molecule has 0 aromatic heterocycles. The van der Waals surface area contributed by atoms with Crippen molar-refractivity contribution in [2.24, 2.45) is 5.92 Å². The Balaban J connectivity index is 2.09. The largest absolute Gasteiger partial charge is 0.497 e. The van der Waals surface area contributed by atoms with E-state index in [0.717, 1.165) is 5.56 Å². The Bertz CT molecular complexity index is 695. The minimum atomic E-state index is -0.385. The summed E-state index contributed by atoms with van der Waals surface area (Å²) in [5, 5.41) is 5.89. The van der Waals surface area contributed by atoms with Crippen LogP contribution in [0.25, 0.3) is 0 Å². The fourth-order valence-electron chi connectivity index (χ4n) is 3.78. The summed E-state index contributed by atoms with van der Waals surface area (Å²) in [5.41, 5.74) is 0.882. The first-order valence-electron chi connectivity index (χ1n) is 8.17. The molecule has 0 aliphatic carbocycles. The van der Waals surface area contributed by atoms with Gasteiger partial charge in [-0.1, -0.05) is 0 Å². The summed E-state index contributed by atoms with van der Waals surface area (Å²) in [6.45, 7) is 1.96. The lowest BCUT2D eigenvalue weighted by molar-refractivity contribution is 0.0241. The van der Waals surface area contributed by atoms with Gasteiger partial charge in [-0.05, 0) is 19.1 Å². The normalized spacial score (nSPS) is 28.8. The third-order valence-corrected chi connectivity index (χ3v) is 5.16. The number of hydrogen-bond acceptors (Lipinski definition) is 4. The molecule has 0 spiro atoms. The molecule has 136 valence electrons. The van der Waals surface area contributed by atoms with Crippen LogP contribution in [0, 0.1) is 5.92 Å². The lowest BCUT2D eigenvalue weighted by Crippen LogP contribution is -2.71. The first-order chi connectivity index (χ1) is 11.9. The molecule has 1 aromatic carbocycles. The molecule has 8 nitrogen and oxygen atoms in total. The molecule has 2 heterocycles. The molecule has 1 aromatic rings. The molecular weight excluding hydrogens is 324 g/mol. The van der Waals surface area contributed by atoms with Gasteiger partial charge in [0.25, 0.3) is 0 Å². The highest BCUT2D eigenvalue weighted by atomic mass is 16.5. The van der Waals surface area contributed by atoms with E-state index >= 15 is 0 Å². The highest BCUT2D eigenvalue weighted by Crippen LogP contribution is 2.42. The Morgan fingerprint density at radius 1 is 1.00 bits per heavy atom. The second-order valence-electron chi connectivity index (χ2n) is 6.48. The third-order valence-electron chi connectivity index (χ3n) is 5.16. The van der Waals surface area contributed by atoms with Gasteiger partial charge in [-0.2, -0.15) is 0 Å². The van der Waals surface area contributed by atoms with Gasteiger partial charge in [0.2, 0.25) is 0 Å². The standard InChI is InChI=1S/C17H24N4O4/c1-9-13-14(11-7-6-10(24-4)8-12(11)25-5)20(2)17(23)19-15(13)21(3)16(22)18-9/h6-9,13-15H,1-5H3,(H,18,22)(H,19,23)/t9-,13-,14-,15+/m1/s1. The molecule has 2 N–H and O–H groups in total. The fraction of sp³-hybridized carbons (Fsp3) is 0.529. The fourth-order valence-corrected chi connectivity index (χ4v) is 3.78. The Kier molecular flexibility index (Phi) is 4.36. The van der Waals surface area contributed by atoms with Crippen LogP contribution in [0.5, 0.6) is 11.5 Å². The molecule has 0 unspecified atom stereocenters. The molecule has 0 bridgehead atoms. The molecule has 4 atom stereocenters. The number of carbonyl (C=O) groups excluding carboxylic acids is 2. The SMILES string of the molecule is COc1ccc([C@@H]2[C@@H]3[C@@H](NC(=O)N2C)N(C)C(=O)N[C@@H]3C)c(OC)c1. The maximum atomic E-state index is 12.5. The number of rotatable bonds is 3. The van der Waals surface area contributed by atoms with Gasteiger partial charge in [0.05, 0.1) is 20.3 Å². The summed E-state index contributed by atoms with van der Waals surface area (Å²) < 4.78 is 10.8. The number of methoxy groups -OCH3 is 2. The monoisotopic (exact) mass is 348 g/mol. The average molecular weight is 348 g/mol. The maximum Gasteiger partial charge on any atom is 0.319 e. The zero-order valence-corrected chi connectivity index (χ0v) is 15.1. The van der Waals surface area contributed by atoms with E-state index in [1.165, 1.54) is 0 Å². The van der Waals surface area contributed by atoms with E-state index in [1.807, 2.05) is 19.1 Å². The summed E-state index contributed by atoms with van der Waals surface area (Å²) in [7, 11) is 6.63. The molecule has 2 aliphatic heterocycles. The van der Waals surface area contributed by atoms with Gasteiger partial charge in [0.1, 0.15) is 17.7 Å². The van der Waals surface area contributed by atoms with Crippen molar-refractivity contribution in [3.8, 4) is 11.5 Å². The van der Waals surface area contributed by atoms with Crippen LogP contribution in [0.1, 0.15) is 18.5 Å². The van der Waals surface area contributed by atoms with E-state index in [-0.39, 0.29) is 36.2 Å². The minimum Gasteiger partial charge on any atom is -0.497 e. The van der Waals surface area contributed by atoms with E-state index in [1.54, 1.807) is 44.2 Å². The Morgan fingerprint density at radius 3 is 2.32 bits per heavy atom. The minimum absolute atomic E-state index is 0.0484. The second kappa shape index (κ2) is 6.34. The van der Waals surface area contributed by atoms with Crippen molar-refractivity contribution in [2.75, 3.05) is 28.3 Å². The number of urea groups is 2. The first kappa shape index (κ1) is 17.2. The number of fused-ring (bicyclic) bond motifs is 1. The molecule has 2 fully saturated rings. The zero-order valence-electron chi connectivity index (χ0n) is 15.1. The van der Waals surface area contributed by atoms with Crippen molar-refractivity contribution in [3.63, 3.8) is 0 Å². The summed E-state index contributed by atoms with van der Waals surface area (Å²) in [6.07, 6.45) is -0.385. The number of benzene rings is 1. The van der Waals surface area contributed by atoms with Gasteiger partial charge >= 0.3 is 12.1 Å². The lowest BCUT2D eigenvalue weighted by Gasteiger charge is -2.52. The first-order valence-corrected chi connectivity index (χ1v) is 8.17. The van der Waals surface area contributed by atoms with Gasteiger partial charge in [-0.25, -0.2) is 9.59 Å². The average Bonchev–Trinajstić information content (AvgIpc) is 2.61. The molecule has 25 heavy (non-hydrogen) atoms. The topological polar surface area (TPSA) is 83.1 Å². The predicted molar refractivity (Wildman–Crippen MR) is 91.6 cm³/mol. The van der Waals surface area contributed by atoms with Crippen molar-refractivity contribution in [1.29, 1.82) is 0 Å². The van der Waals surface area contributed by atoms with Crippen LogP contribution in [-0.4, -0.2) is 62.4 Å². The summed E-state index contributed by atoms with van der Waals surface area (Å²) in [6, 6.07) is 4.78. The van der Waals surface area contributed by atoms with Crippen LogP contribution < -0.4 is 20.1 Å². The highest BCUT2D eigenvalue weighted by Gasteiger charge is 2.50. The highest BCUT2D eigenvalue weighted by molar-refractivity contribution is 5.80. The molecule has 2 saturated heterocycles. The van der Waals surface area contributed by atoms with E-state index in [2.05, 4.69) is 10.6 Å². The zero-order chi connectivity index (χ0) is 18.3. The van der Waals surface area contributed by atoms with Gasteiger partial charge in [0.15, 0.2) is 0 Å². The molecule has 2 aliphatic rings. The Labute approximate surface area is 147 Å². The molecule has 4 amide bonds. The predicted octanol–water partition coefficient (Wildman–Crippen LogP) is 1.39. The van der Waals surface area contributed by atoms with Crippen molar-refractivity contribution in [1.82, 2.24) is 20.4 Å². The van der Waals surface area contributed by atoms with Gasteiger partial charge < -0.3 is 29.9 Å². The second-order valence-corrected chi connectivity index (χ2v) is 6.48. The van der Waals surface area contributed by atoms with E-state index in [0.29, 0.717) is 11.5 Å². The molecule has 0 radical (unpaired) electrons. The number of nitrogens with one attached hydrogen (secondary N) is 2. The van der Waals surface area contributed by atoms with Gasteiger partial charge in [-0.3, -0.25) is 0 Å². The number of ether oxygens (including phenoxy) is 2. The van der Waals surface area contributed by atoms with Gasteiger partial charge in [0, 0.05) is 37.7 Å². The number of hydrogen-bond donors (Lipinski definition) is 2. The van der Waals surface area contributed by atoms with Crippen LogP contribution in [0.4, 0.5) is 9.59 Å². The molecule has 8 heteroatoms. The summed E-state index contributed by atoms with van der Waals surface area (Å²) in [4.78, 5) is 27.8. The van der Waals surface area contributed by atoms with Crippen LogP contribution in [0.3, 0.4) is 0 Å². The van der Waals surface area contributed by atoms with E-state index in [9.17, 15) is 9.59 Å². The third kappa shape index (κ3) is 2.71. The summed E-state index contributed by atoms with van der Waals surface area (Å²) in [5.74, 6) is 1.28. The van der Waals surface area contributed by atoms with E-state index < -0.39 is 0 Å². The van der Waals surface area contributed by atoms with Crippen molar-refractivity contribution in [3.05, 3.63) is 23.8 Å². The van der Waals surface area contributed by atoms with Crippen LogP contribution in [0.2, 0.25) is 0 Å². The van der Waals surface area contributed by atoms with Crippen LogP contribution in [-0.2, 0) is 0 Å². The Morgan fingerprint density at radius 2 is 1.68 bits per heavy atom. The van der Waals surface area contributed by atoms with Gasteiger partial charge in [-0.15, -0.1) is 0 Å². The number of carbonyl (C=O) groups is 2. The lowest BCUT2D eigenvalue weighted by atomic mass is 9.81. The Hall–Kier alpha value is -2.64. The van der Waals surface area contributed by atoms with E-state index in [4.69, 9.17) is 9.47 Å². The van der Waals surface area contributed by atoms with Crippen molar-refractivity contribution < 1.29 is 19.1 Å². The quantitative estimate of drug-likeness (QED) is 0.865. The van der Waals surface area contributed by atoms with Crippen LogP contribution >= 0.6 is 0 Å². The molecule has 0 saturated carbocycles.